The van der Waals surface area contributed by atoms with Crippen molar-refractivity contribution in [3.63, 3.8) is 0 Å². The smallest absolute Gasteiger partial charge is 0.226 e. The molecule has 2 unspecified atom stereocenters. The maximum absolute atomic E-state index is 13.0. The lowest BCUT2D eigenvalue weighted by Gasteiger charge is -2.31. The molecule has 6 heteroatoms. The number of nitrogens with zero attached hydrogens (tertiary/aromatic N) is 1. The second kappa shape index (κ2) is 12.1. The average molecular weight is 399 g/mol. The molecule has 0 aromatic heterocycles. The van der Waals surface area contributed by atoms with E-state index in [1.54, 1.807) is 7.11 Å². The molecular weight excluding hydrogens is 364 g/mol. The zero-order valence-corrected chi connectivity index (χ0v) is 17.7. The summed E-state index contributed by atoms with van der Waals surface area (Å²) in [5, 5.41) is 0. The largest absolute Gasteiger partial charge is 0.493 e. The summed E-state index contributed by atoms with van der Waals surface area (Å²) in [5.41, 5.74) is 7.15. The molecule has 1 aromatic carbocycles. The van der Waals surface area contributed by atoms with E-state index < -0.39 is 0 Å². The Hall–Kier alpha value is -1.46. The Morgan fingerprint density at radius 1 is 1.22 bits per heavy atom. The molecule has 2 atom stereocenters. The quantitative estimate of drug-likeness (QED) is 0.678. The van der Waals surface area contributed by atoms with Gasteiger partial charge >= 0.3 is 0 Å². The van der Waals surface area contributed by atoms with Gasteiger partial charge in [0.1, 0.15) is 0 Å². The Morgan fingerprint density at radius 2 is 2.00 bits per heavy atom. The van der Waals surface area contributed by atoms with Crippen LogP contribution in [-0.2, 0) is 11.3 Å². The number of hydrogen-bond donors (Lipinski definition) is 1. The van der Waals surface area contributed by atoms with E-state index in [1.807, 2.05) is 23.1 Å². The topological polar surface area (TPSA) is 64.8 Å². The summed E-state index contributed by atoms with van der Waals surface area (Å²) < 4.78 is 11.2. The van der Waals surface area contributed by atoms with Gasteiger partial charge in [-0.15, -0.1) is 12.4 Å². The lowest BCUT2D eigenvalue weighted by Crippen LogP contribution is -2.40. The van der Waals surface area contributed by atoms with Crippen LogP contribution in [0, 0.1) is 5.92 Å². The fraction of sp³-hybridized carbons (Fsp3) is 0.667. The van der Waals surface area contributed by atoms with Gasteiger partial charge < -0.3 is 20.1 Å². The number of methoxy groups -OCH3 is 1. The third-order valence-corrected chi connectivity index (χ3v) is 4.93. The van der Waals surface area contributed by atoms with E-state index in [0.717, 1.165) is 62.1 Å². The molecule has 1 amide bonds. The van der Waals surface area contributed by atoms with Crippen molar-refractivity contribution < 1.29 is 14.3 Å². The van der Waals surface area contributed by atoms with Gasteiger partial charge in [-0.3, -0.25) is 4.79 Å². The zero-order chi connectivity index (χ0) is 18.9. The van der Waals surface area contributed by atoms with Crippen LogP contribution in [0.5, 0.6) is 11.5 Å². The first kappa shape index (κ1) is 23.6. The van der Waals surface area contributed by atoms with Crippen LogP contribution < -0.4 is 15.2 Å². The van der Waals surface area contributed by atoms with Crippen molar-refractivity contribution in [2.24, 2.45) is 11.7 Å². The van der Waals surface area contributed by atoms with Crippen LogP contribution in [0.4, 0.5) is 0 Å². The highest BCUT2D eigenvalue weighted by Gasteiger charge is 2.28. The lowest BCUT2D eigenvalue weighted by molar-refractivity contribution is -0.137. The van der Waals surface area contributed by atoms with Gasteiger partial charge in [-0.05, 0) is 49.8 Å². The van der Waals surface area contributed by atoms with Crippen molar-refractivity contribution >= 4 is 18.3 Å². The number of carbonyl (C=O) groups excluding carboxylic acids is 1. The molecule has 154 valence electrons. The minimum atomic E-state index is 0. The predicted molar refractivity (Wildman–Crippen MR) is 112 cm³/mol. The predicted octanol–water partition coefficient (Wildman–Crippen LogP) is 4.16. The molecule has 27 heavy (non-hydrogen) atoms. The molecular formula is C21H35ClN2O3. The summed E-state index contributed by atoms with van der Waals surface area (Å²) >= 11 is 0. The van der Waals surface area contributed by atoms with Crippen LogP contribution in [0.1, 0.15) is 57.9 Å². The fourth-order valence-corrected chi connectivity index (χ4v) is 3.61. The maximum atomic E-state index is 13.0. The molecule has 2 N–H and O–H groups in total. The van der Waals surface area contributed by atoms with Gasteiger partial charge in [0.05, 0.1) is 13.7 Å². The van der Waals surface area contributed by atoms with Gasteiger partial charge in [-0.25, -0.2) is 0 Å². The van der Waals surface area contributed by atoms with Crippen molar-refractivity contribution in [1.29, 1.82) is 0 Å². The highest BCUT2D eigenvalue weighted by molar-refractivity contribution is 5.85. The van der Waals surface area contributed by atoms with Gasteiger partial charge in [0.2, 0.25) is 5.91 Å². The standard InChI is InChI=1S/C21H34N2O3.ClH/c1-4-11-23(21(24)17-7-6-8-18(22)14-17)15-16-9-10-19(26-12-5-2)20(13-16)25-3;/h9-10,13,17-18H,4-8,11-12,14-15,22H2,1-3H3;1H. The average Bonchev–Trinajstić information content (AvgIpc) is 2.65. The van der Waals surface area contributed by atoms with Gasteiger partial charge in [-0.1, -0.05) is 26.3 Å². The maximum Gasteiger partial charge on any atom is 0.226 e. The molecule has 0 radical (unpaired) electrons. The summed E-state index contributed by atoms with van der Waals surface area (Å²) in [7, 11) is 1.65. The molecule has 1 aliphatic rings. The van der Waals surface area contributed by atoms with E-state index in [4.69, 9.17) is 15.2 Å². The van der Waals surface area contributed by atoms with E-state index in [2.05, 4.69) is 13.8 Å². The molecule has 1 fully saturated rings. The number of halogens is 1. The van der Waals surface area contributed by atoms with Crippen LogP contribution >= 0.6 is 12.4 Å². The SMILES string of the molecule is CCCOc1ccc(CN(CCC)C(=O)C2CCCC(N)C2)cc1OC.Cl. The minimum absolute atomic E-state index is 0. The Balaban J connectivity index is 0.00000364. The van der Waals surface area contributed by atoms with E-state index in [0.29, 0.717) is 13.2 Å². The number of carbonyl (C=O) groups is 1. The third kappa shape index (κ3) is 6.89. The number of benzene rings is 1. The van der Waals surface area contributed by atoms with E-state index in [9.17, 15) is 4.79 Å². The van der Waals surface area contributed by atoms with Crippen LogP contribution in [0.2, 0.25) is 0 Å². The van der Waals surface area contributed by atoms with Crippen molar-refractivity contribution in [3.05, 3.63) is 23.8 Å². The molecule has 0 aliphatic heterocycles. The Morgan fingerprint density at radius 3 is 2.63 bits per heavy atom. The second-order valence-electron chi connectivity index (χ2n) is 7.22. The summed E-state index contributed by atoms with van der Waals surface area (Å²) in [5.74, 6) is 1.79. The number of nitrogens with two attached hydrogens (primary N) is 1. The summed E-state index contributed by atoms with van der Waals surface area (Å²) in [6, 6.07) is 6.11. The van der Waals surface area contributed by atoms with Crippen LogP contribution in [-0.4, -0.2) is 37.1 Å². The molecule has 2 rings (SSSR count). The number of hydrogen-bond acceptors (Lipinski definition) is 4. The molecule has 1 aromatic rings. The molecule has 0 heterocycles. The van der Waals surface area contributed by atoms with Crippen molar-refractivity contribution in [2.45, 2.75) is 65.0 Å². The monoisotopic (exact) mass is 398 g/mol. The van der Waals surface area contributed by atoms with Crippen molar-refractivity contribution in [1.82, 2.24) is 4.90 Å². The van der Waals surface area contributed by atoms with E-state index >= 15 is 0 Å². The Kier molecular flexibility index (Phi) is 10.6. The minimum Gasteiger partial charge on any atom is -0.493 e. The molecule has 0 bridgehead atoms. The summed E-state index contributed by atoms with van der Waals surface area (Å²) in [6.45, 7) is 6.21. The molecule has 1 aliphatic carbocycles. The Bertz CT molecular complexity index is 583. The summed E-state index contributed by atoms with van der Waals surface area (Å²) in [6.07, 6.45) is 5.75. The Labute approximate surface area is 170 Å². The highest BCUT2D eigenvalue weighted by Crippen LogP contribution is 2.30. The number of rotatable bonds is 9. The first-order chi connectivity index (χ1) is 12.6. The van der Waals surface area contributed by atoms with Gasteiger partial charge in [0, 0.05) is 25.0 Å². The number of amides is 1. The second-order valence-corrected chi connectivity index (χ2v) is 7.22. The lowest BCUT2D eigenvalue weighted by atomic mass is 9.85. The molecule has 0 spiro atoms. The van der Waals surface area contributed by atoms with Gasteiger partial charge in [0.25, 0.3) is 0 Å². The zero-order valence-electron chi connectivity index (χ0n) is 16.9. The van der Waals surface area contributed by atoms with Crippen molar-refractivity contribution in [2.75, 3.05) is 20.3 Å². The van der Waals surface area contributed by atoms with Crippen LogP contribution in [0.3, 0.4) is 0 Å². The normalized spacial score (nSPS) is 19.1. The first-order valence-corrected chi connectivity index (χ1v) is 9.93. The van der Waals surface area contributed by atoms with Gasteiger partial charge in [-0.2, -0.15) is 0 Å². The molecule has 5 nitrogen and oxygen atoms in total. The summed E-state index contributed by atoms with van der Waals surface area (Å²) in [4.78, 5) is 15.0. The molecule has 1 saturated carbocycles. The highest BCUT2D eigenvalue weighted by atomic mass is 35.5. The molecule has 0 saturated heterocycles. The van der Waals surface area contributed by atoms with E-state index in [-0.39, 0.29) is 30.3 Å². The van der Waals surface area contributed by atoms with Crippen LogP contribution in [0.25, 0.3) is 0 Å². The first-order valence-electron chi connectivity index (χ1n) is 9.93. The third-order valence-electron chi connectivity index (χ3n) is 4.93. The van der Waals surface area contributed by atoms with E-state index in [1.165, 1.54) is 0 Å². The van der Waals surface area contributed by atoms with Gasteiger partial charge in [0.15, 0.2) is 11.5 Å². The number of ether oxygens (including phenoxy) is 2. The van der Waals surface area contributed by atoms with Crippen LogP contribution in [0.15, 0.2) is 18.2 Å². The fourth-order valence-electron chi connectivity index (χ4n) is 3.61. The van der Waals surface area contributed by atoms with Crippen molar-refractivity contribution in [3.8, 4) is 11.5 Å².